The third-order valence-electron chi connectivity index (χ3n) is 5.46. The second-order valence-electron chi connectivity index (χ2n) is 7.55. The van der Waals surface area contributed by atoms with Crippen LogP contribution in [0.1, 0.15) is 19.4 Å². The van der Waals surface area contributed by atoms with Gasteiger partial charge >= 0.3 is 0 Å². The molecule has 0 aliphatic carbocycles. The van der Waals surface area contributed by atoms with E-state index in [0.717, 1.165) is 42.7 Å². The van der Waals surface area contributed by atoms with E-state index >= 15 is 0 Å². The third-order valence-corrected chi connectivity index (χ3v) is 6.51. The molecule has 2 aromatic carbocycles. The number of ether oxygens (including phenoxy) is 3. The number of benzene rings is 2. The minimum Gasteiger partial charge on any atom is -0.497 e. The summed E-state index contributed by atoms with van der Waals surface area (Å²) in [6, 6.07) is 13.8. The number of carbonyl (C=O) groups is 1. The molecule has 1 amide bonds. The van der Waals surface area contributed by atoms with Crippen LogP contribution in [0, 0.1) is 0 Å². The van der Waals surface area contributed by atoms with Crippen molar-refractivity contribution in [3.8, 4) is 17.2 Å². The Morgan fingerprint density at radius 3 is 2.27 bits per heavy atom. The van der Waals surface area contributed by atoms with Gasteiger partial charge in [-0.1, -0.05) is 6.07 Å². The zero-order chi connectivity index (χ0) is 23.2. The van der Waals surface area contributed by atoms with E-state index in [9.17, 15) is 4.79 Å². The van der Waals surface area contributed by atoms with E-state index in [4.69, 9.17) is 14.2 Å². The number of nitrogens with zero attached hydrogens (tertiary/aromatic N) is 3. The lowest BCUT2D eigenvalue weighted by Gasteiger charge is -2.36. The molecule has 0 unspecified atom stereocenters. The second-order valence-corrected chi connectivity index (χ2v) is 8.56. The summed E-state index contributed by atoms with van der Waals surface area (Å²) in [6.45, 7) is 8.36. The molecule has 0 aromatic heterocycles. The normalized spacial score (nSPS) is 17.4. The first kappa shape index (κ1) is 23.0. The van der Waals surface area contributed by atoms with E-state index in [0.29, 0.717) is 29.6 Å². The maximum atomic E-state index is 12.6. The average molecular weight is 468 g/mol. The van der Waals surface area contributed by atoms with Crippen molar-refractivity contribution >= 4 is 34.6 Å². The van der Waals surface area contributed by atoms with Crippen LogP contribution in [0.3, 0.4) is 0 Å². The Kier molecular flexibility index (Phi) is 7.44. The Balaban J connectivity index is 1.39. The summed E-state index contributed by atoms with van der Waals surface area (Å²) in [5.41, 5.74) is 2.06. The zero-order valence-electron chi connectivity index (χ0n) is 19.2. The van der Waals surface area contributed by atoms with Gasteiger partial charge in [-0.3, -0.25) is 4.79 Å². The summed E-state index contributed by atoms with van der Waals surface area (Å²) in [4.78, 5) is 22.0. The van der Waals surface area contributed by atoms with Gasteiger partial charge in [0.15, 0.2) is 16.7 Å². The molecule has 2 aliphatic rings. The van der Waals surface area contributed by atoms with Crippen molar-refractivity contribution in [1.29, 1.82) is 0 Å². The molecule has 0 saturated carbocycles. The largest absolute Gasteiger partial charge is 0.497 e. The number of thioether (sulfide) groups is 1. The van der Waals surface area contributed by atoms with Crippen molar-refractivity contribution in [2.45, 2.75) is 13.8 Å². The van der Waals surface area contributed by atoms with Crippen LogP contribution in [0.4, 0.5) is 5.69 Å². The summed E-state index contributed by atoms with van der Waals surface area (Å²) < 4.78 is 16.6. The van der Waals surface area contributed by atoms with Gasteiger partial charge in [-0.2, -0.15) is 4.99 Å². The van der Waals surface area contributed by atoms with E-state index in [1.165, 1.54) is 17.4 Å². The van der Waals surface area contributed by atoms with Crippen molar-refractivity contribution in [2.24, 2.45) is 4.99 Å². The molecule has 0 N–H and O–H groups in total. The van der Waals surface area contributed by atoms with Crippen molar-refractivity contribution in [3.63, 3.8) is 0 Å². The Labute approximate surface area is 199 Å². The number of hydrogen-bond donors (Lipinski definition) is 0. The van der Waals surface area contributed by atoms with Crippen molar-refractivity contribution in [1.82, 2.24) is 4.90 Å². The molecule has 0 spiro atoms. The molecule has 4 rings (SSSR count). The van der Waals surface area contributed by atoms with Gasteiger partial charge in [0.2, 0.25) is 0 Å². The van der Waals surface area contributed by atoms with Crippen LogP contribution < -0.4 is 19.1 Å². The van der Waals surface area contributed by atoms with E-state index in [1.807, 2.05) is 50.3 Å². The van der Waals surface area contributed by atoms with Gasteiger partial charge < -0.3 is 24.0 Å². The average Bonchev–Trinajstić information content (AvgIpc) is 3.21. The van der Waals surface area contributed by atoms with Gasteiger partial charge in [0, 0.05) is 31.9 Å². The second kappa shape index (κ2) is 10.7. The molecule has 33 heavy (non-hydrogen) atoms. The summed E-state index contributed by atoms with van der Waals surface area (Å²) in [5.74, 6) is 2.05. The SMILES string of the molecule is CCOc1ccc(C=C2SC(N3CCN(c4ccc(OC)cc4)CC3)=NC2=O)cc1OCC. The number of hydrogen-bond acceptors (Lipinski definition) is 7. The molecular weight excluding hydrogens is 438 g/mol. The molecule has 0 atom stereocenters. The van der Waals surface area contributed by atoms with Crippen LogP contribution in [-0.4, -0.2) is 62.5 Å². The third kappa shape index (κ3) is 5.45. The van der Waals surface area contributed by atoms with Crippen LogP contribution in [0.5, 0.6) is 17.2 Å². The van der Waals surface area contributed by atoms with Gasteiger partial charge in [-0.15, -0.1) is 0 Å². The monoisotopic (exact) mass is 467 g/mol. The lowest BCUT2D eigenvalue weighted by Crippen LogP contribution is -2.47. The number of aliphatic imine (C=N–C) groups is 1. The van der Waals surface area contributed by atoms with Crippen LogP contribution in [-0.2, 0) is 4.79 Å². The molecule has 2 aliphatic heterocycles. The molecule has 2 heterocycles. The minimum atomic E-state index is -0.195. The fraction of sp³-hybridized carbons (Fsp3) is 0.360. The highest BCUT2D eigenvalue weighted by molar-refractivity contribution is 8.18. The Hall–Kier alpha value is -3.13. The Morgan fingerprint density at radius 2 is 1.61 bits per heavy atom. The number of carbonyl (C=O) groups excluding carboxylic acids is 1. The van der Waals surface area contributed by atoms with Crippen LogP contribution >= 0.6 is 11.8 Å². The number of methoxy groups -OCH3 is 1. The summed E-state index contributed by atoms with van der Waals surface area (Å²) in [5, 5.41) is 0.775. The first-order chi connectivity index (χ1) is 16.1. The molecule has 8 heteroatoms. The van der Waals surface area contributed by atoms with E-state index in [2.05, 4.69) is 26.9 Å². The fourth-order valence-corrected chi connectivity index (χ4v) is 4.76. The standard InChI is InChI=1S/C25H29N3O4S/c1-4-31-21-11-6-18(16-22(21)32-5-2)17-23-24(29)26-25(33-23)28-14-12-27(13-15-28)19-7-9-20(30-3)10-8-19/h6-11,16-17H,4-5,12-15H2,1-3H3. The number of amidine groups is 1. The number of rotatable bonds is 7. The molecule has 2 aromatic rings. The zero-order valence-corrected chi connectivity index (χ0v) is 20.1. The summed E-state index contributed by atoms with van der Waals surface area (Å²) in [7, 11) is 1.67. The Morgan fingerprint density at radius 1 is 0.939 bits per heavy atom. The lowest BCUT2D eigenvalue weighted by molar-refractivity contribution is -0.113. The smallest absolute Gasteiger partial charge is 0.286 e. The van der Waals surface area contributed by atoms with E-state index in [1.54, 1.807) is 7.11 Å². The van der Waals surface area contributed by atoms with Crippen LogP contribution in [0.25, 0.3) is 6.08 Å². The molecule has 1 saturated heterocycles. The van der Waals surface area contributed by atoms with E-state index in [-0.39, 0.29) is 5.91 Å². The maximum absolute atomic E-state index is 12.6. The quantitative estimate of drug-likeness (QED) is 0.563. The predicted molar refractivity (Wildman–Crippen MR) is 134 cm³/mol. The molecule has 0 bridgehead atoms. The van der Waals surface area contributed by atoms with Crippen LogP contribution in [0.2, 0.25) is 0 Å². The number of piperazine rings is 1. The summed E-state index contributed by atoms with van der Waals surface area (Å²) in [6.07, 6.45) is 1.87. The minimum absolute atomic E-state index is 0.195. The summed E-state index contributed by atoms with van der Waals surface area (Å²) >= 11 is 1.44. The molecule has 7 nitrogen and oxygen atoms in total. The van der Waals surface area contributed by atoms with Crippen molar-refractivity contribution in [2.75, 3.05) is 51.4 Å². The van der Waals surface area contributed by atoms with Crippen molar-refractivity contribution < 1.29 is 19.0 Å². The van der Waals surface area contributed by atoms with Crippen LogP contribution in [0.15, 0.2) is 52.4 Å². The first-order valence-electron chi connectivity index (χ1n) is 11.2. The van der Waals surface area contributed by atoms with Gasteiger partial charge in [0.05, 0.1) is 25.2 Å². The fourth-order valence-electron chi connectivity index (χ4n) is 3.79. The molecule has 174 valence electrons. The Bertz CT molecular complexity index is 1040. The van der Waals surface area contributed by atoms with Gasteiger partial charge in [0.1, 0.15) is 5.75 Å². The van der Waals surface area contributed by atoms with Gasteiger partial charge in [0.25, 0.3) is 5.91 Å². The highest BCUT2D eigenvalue weighted by Crippen LogP contribution is 2.34. The molecule has 0 radical (unpaired) electrons. The number of amides is 1. The number of anilines is 1. The lowest BCUT2D eigenvalue weighted by atomic mass is 10.2. The van der Waals surface area contributed by atoms with E-state index < -0.39 is 0 Å². The highest BCUT2D eigenvalue weighted by Gasteiger charge is 2.28. The molecule has 1 fully saturated rings. The van der Waals surface area contributed by atoms with Crippen molar-refractivity contribution in [3.05, 3.63) is 52.9 Å². The molecular formula is C25H29N3O4S. The topological polar surface area (TPSA) is 63.6 Å². The first-order valence-corrected chi connectivity index (χ1v) is 12.0. The maximum Gasteiger partial charge on any atom is 0.286 e. The highest BCUT2D eigenvalue weighted by atomic mass is 32.2. The van der Waals surface area contributed by atoms with Gasteiger partial charge in [-0.05, 0) is 73.6 Å². The van der Waals surface area contributed by atoms with Gasteiger partial charge in [-0.25, -0.2) is 0 Å². The predicted octanol–water partition coefficient (Wildman–Crippen LogP) is 4.29.